The van der Waals surface area contributed by atoms with Crippen LogP contribution in [0.15, 0.2) is 4.99 Å². The highest BCUT2D eigenvalue weighted by Gasteiger charge is 2.17. The van der Waals surface area contributed by atoms with Crippen LogP contribution in [0.3, 0.4) is 0 Å². The number of aryl methyl sites for hydroxylation is 4. The summed E-state index contributed by atoms with van der Waals surface area (Å²) in [6, 6.07) is 0. The van der Waals surface area contributed by atoms with Crippen molar-refractivity contribution >= 4 is 52.6 Å². The number of nitrogens with one attached hydrogen (secondary N) is 1. The molecule has 0 radical (unpaired) electrons. The maximum atomic E-state index is 4.86. The summed E-state index contributed by atoms with van der Waals surface area (Å²) in [5, 5.41) is 5.70. The Morgan fingerprint density at radius 2 is 1.96 bits per heavy atom. The molecule has 0 unspecified atom stereocenters. The molecule has 2 aromatic rings. The first-order chi connectivity index (χ1) is 12.1. The molecule has 5 nitrogen and oxygen atoms in total. The maximum Gasteiger partial charge on any atom is 0.194 e. The van der Waals surface area contributed by atoms with Crippen LogP contribution in [0.1, 0.15) is 50.9 Å². The highest BCUT2D eigenvalue weighted by Crippen LogP contribution is 2.27. The van der Waals surface area contributed by atoms with Crippen LogP contribution in [-0.4, -0.2) is 34.4 Å². The van der Waals surface area contributed by atoms with Crippen molar-refractivity contribution in [1.82, 2.24) is 20.2 Å². The van der Waals surface area contributed by atoms with Gasteiger partial charge in [-0.1, -0.05) is 0 Å². The second-order valence-corrected chi connectivity index (χ2v) is 8.91. The molecule has 2 aromatic heterocycles. The van der Waals surface area contributed by atoms with Gasteiger partial charge in [-0.05, 0) is 46.5 Å². The van der Waals surface area contributed by atoms with E-state index in [-0.39, 0.29) is 24.0 Å². The number of halogens is 1. The number of hydrogen-bond acceptors (Lipinski definition) is 5. The monoisotopic (exact) mass is 505 g/mol. The van der Waals surface area contributed by atoms with E-state index in [4.69, 9.17) is 9.98 Å². The Balaban J connectivity index is 0.00000243. The number of aromatic nitrogens is 2. The van der Waals surface area contributed by atoms with E-state index in [2.05, 4.69) is 36.1 Å². The summed E-state index contributed by atoms with van der Waals surface area (Å²) in [7, 11) is 2.09. The molecule has 8 heteroatoms. The highest BCUT2D eigenvalue weighted by molar-refractivity contribution is 14.0. The molecule has 144 valence electrons. The lowest BCUT2D eigenvalue weighted by Crippen LogP contribution is -2.38. The van der Waals surface area contributed by atoms with Crippen LogP contribution in [0.5, 0.6) is 0 Å². The summed E-state index contributed by atoms with van der Waals surface area (Å²) in [5.41, 5.74) is 2.43. The summed E-state index contributed by atoms with van der Waals surface area (Å²) in [6.45, 7) is 8.56. The Morgan fingerprint density at radius 1 is 1.19 bits per heavy atom. The van der Waals surface area contributed by atoms with Gasteiger partial charge in [0.05, 0.1) is 29.5 Å². The molecule has 0 bridgehead atoms. The van der Waals surface area contributed by atoms with E-state index in [1.54, 1.807) is 11.3 Å². The normalized spacial score (nSPS) is 13.9. The molecule has 0 aromatic carbocycles. The summed E-state index contributed by atoms with van der Waals surface area (Å²) in [5.74, 6) is 0.932. The lowest BCUT2D eigenvalue weighted by molar-refractivity contribution is 0.474. The second-order valence-electron chi connectivity index (χ2n) is 6.45. The third-order valence-corrected chi connectivity index (χ3v) is 6.53. The van der Waals surface area contributed by atoms with E-state index in [1.165, 1.54) is 39.7 Å². The maximum absolute atomic E-state index is 4.86. The standard InChI is InChI=1S/C18H27N5S2.HI/c1-5-19-18(20-10-16-12(2)21-13(3)24-16)23(4)11-17-22-14-8-6-7-9-15(14)25-17;/h5-11H2,1-4H3,(H,19,20);1H. The predicted molar refractivity (Wildman–Crippen MR) is 122 cm³/mol. The third-order valence-electron chi connectivity index (χ3n) is 4.33. The zero-order valence-electron chi connectivity index (χ0n) is 16.0. The number of rotatable bonds is 5. The number of nitrogens with zero attached hydrogens (tertiary/aromatic N) is 4. The fraction of sp³-hybridized carbons (Fsp3) is 0.611. The van der Waals surface area contributed by atoms with Crippen LogP contribution in [0.25, 0.3) is 0 Å². The Kier molecular flexibility index (Phi) is 8.28. The minimum atomic E-state index is 0. The molecule has 1 aliphatic carbocycles. The molecule has 0 atom stereocenters. The molecule has 1 aliphatic rings. The van der Waals surface area contributed by atoms with E-state index in [0.717, 1.165) is 36.2 Å². The number of aliphatic imine (C=N–C) groups is 1. The molecular weight excluding hydrogens is 477 g/mol. The van der Waals surface area contributed by atoms with E-state index in [0.29, 0.717) is 6.54 Å². The number of fused-ring (bicyclic) bond motifs is 1. The summed E-state index contributed by atoms with van der Waals surface area (Å²) in [6.07, 6.45) is 4.94. The zero-order chi connectivity index (χ0) is 17.8. The molecule has 2 heterocycles. The molecule has 26 heavy (non-hydrogen) atoms. The Labute approximate surface area is 181 Å². The van der Waals surface area contributed by atoms with E-state index >= 15 is 0 Å². The van der Waals surface area contributed by atoms with Crippen LogP contribution >= 0.6 is 46.7 Å². The largest absolute Gasteiger partial charge is 0.357 e. The van der Waals surface area contributed by atoms with Gasteiger partial charge in [-0.25, -0.2) is 15.0 Å². The van der Waals surface area contributed by atoms with Crippen LogP contribution in [0, 0.1) is 13.8 Å². The van der Waals surface area contributed by atoms with Crippen molar-refractivity contribution in [3.05, 3.63) is 31.2 Å². The molecule has 0 spiro atoms. The van der Waals surface area contributed by atoms with E-state index in [9.17, 15) is 0 Å². The van der Waals surface area contributed by atoms with Crippen molar-refractivity contribution in [2.24, 2.45) is 4.99 Å². The summed E-state index contributed by atoms with van der Waals surface area (Å²) < 4.78 is 0. The number of hydrogen-bond donors (Lipinski definition) is 1. The van der Waals surface area contributed by atoms with Crippen molar-refractivity contribution in [3.63, 3.8) is 0 Å². The molecule has 0 saturated heterocycles. The fourth-order valence-corrected chi connectivity index (χ4v) is 5.16. The molecular formula is C18H28IN5S2. The average molecular weight is 505 g/mol. The van der Waals surface area contributed by atoms with Crippen molar-refractivity contribution < 1.29 is 0 Å². The molecule has 0 aliphatic heterocycles. The van der Waals surface area contributed by atoms with Crippen LogP contribution in [0.2, 0.25) is 0 Å². The van der Waals surface area contributed by atoms with Crippen molar-refractivity contribution in [3.8, 4) is 0 Å². The molecule has 3 rings (SSSR count). The van der Waals surface area contributed by atoms with Gasteiger partial charge in [0.2, 0.25) is 0 Å². The first kappa shape index (κ1) is 21.6. The summed E-state index contributed by atoms with van der Waals surface area (Å²) in [4.78, 5) is 19.1. The van der Waals surface area contributed by atoms with E-state index in [1.807, 2.05) is 18.3 Å². The van der Waals surface area contributed by atoms with Gasteiger partial charge in [0, 0.05) is 23.3 Å². The summed E-state index contributed by atoms with van der Waals surface area (Å²) >= 11 is 3.61. The fourth-order valence-electron chi connectivity index (χ4n) is 3.09. The Bertz CT molecular complexity index is 729. The average Bonchev–Trinajstić information content (AvgIpc) is 3.13. The topological polar surface area (TPSA) is 53.4 Å². The van der Waals surface area contributed by atoms with Gasteiger partial charge in [-0.2, -0.15) is 0 Å². The number of thiazole rings is 2. The minimum Gasteiger partial charge on any atom is -0.357 e. The molecule has 1 N–H and O–H groups in total. The van der Waals surface area contributed by atoms with Gasteiger partial charge >= 0.3 is 0 Å². The molecule has 0 amide bonds. The van der Waals surface area contributed by atoms with Gasteiger partial charge in [0.1, 0.15) is 5.01 Å². The third kappa shape index (κ3) is 5.39. The van der Waals surface area contributed by atoms with Crippen molar-refractivity contribution in [2.45, 2.75) is 59.5 Å². The van der Waals surface area contributed by atoms with Crippen molar-refractivity contribution in [1.29, 1.82) is 0 Å². The zero-order valence-corrected chi connectivity index (χ0v) is 19.9. The lowest BCUT2D eigenvalue weighted by Gasteiger charge is -2.20. The molecule has 0 fully saturated rings. The Morgan fingerprint density at radius 3 is 2.62 bits per heavy atom. The smallest absolute Gasteiger partial charge is 0.194 e. The number of guanidine groups is 1. The Hall–Kier alpha value is -0.740. The van der Waals surface area contributed by atoms with Gasteiger partial charge in [-0.15, -0.1) is 46.7 Å². The van der Waals surface area contributed by atoms with Gasteiger partial charge in [0.15, 0.2) is 5.96 Å². The van der Waals surface area contributed by atoms with Gasteiger partial charge < -0.3 is 10.2 Å². The SMILES string of the molecule is CCNC(=NCc1sc(C)nc1C)N(C)Cc1nc2c(s1)CCCC2.I. The first-order valence-electron chi connectivity index (χ1n) is 8.96. The predicted octanol–water partition coefficient (Wildman–Crippen LogP) is 4.31. The molecule has 0 saturated carbocycles. The van der Waals surface area contributed by atoms with Gasteiger partial charge in [-0.3, -0.25) is 0 Å². The second kappa shape index (κ2) is 9.98. The highest BCUT2D eigenvalue weighted by atomic mass is 127. The first-order valence-corrected chi connectivity index (χ1v) is 10.6. The van der Waals surface area contributed by atoms with Crippen LogP contribution in [-0.2, 0) is 25.9 Å². The minimum absolute atomic E-state index is 0. The van der Waals surface area contributed by atoms with Crippen molar-refractivity contribution in [2.75, 3.05) is 13.6 Å². The van der Waals surface area contributed by atoms with E-state index < -0.39 is 0 Å². The lowest BCUT2D eigenvalue weighted by atomic mass is 10.0. The van der Waals surface area contributed by atoms with Gasteiger partial charge in [0.25, 0.3) is 0 Å². The quantitative estimate of drug-likeness (QED) is 0.374. The van der Waals surface area contributed by atoms with Crippen LogP contribution < -0.4 is 5.32 Å². The van der Waals surface area contributed by atoms with Crippen LogP contribution in [0.4, 0.5) is 0 Å².